The molecule has 31 heavy (non-hydrogen) atoms. The Kier molecular flexibility index (Phi) is 5.23. The third kappa shape index (κ3) is 2.67. The zero-order chi connectivity index (χ0) is 23.9. The third-order valence-electron chi connectivity index (χ3n) is 6.16. The van der Waals surface area contributed by atoms with Crippen molar-refractivity contribution < 1.29 is 55.3 Å². The summed E-state index contributed by atoms with van der Waals surface area (Å²) in [4.78, 5) is -0.188. The van der Waals surface area contributed by atoms with Crippen LogP contribution in [-0.4, -0.2) is 107 Å². The van der Waals surface area contributed by atoms with E-state index in [9.17, 15) is 55.3 Å². The standard InChI is InChI=1S/C17H26N2O11S/c18-5-4-11(20)9-2-1-3-10(6-9)31(30)7-12(21)13(22,8-31)15(24,25)17(28,29)16(26,27)14(12,19)23/h1-3,6-7,11,20-29H,4-5,8,18-19H2. The van der Waals surface area contributed by atoms with E-state index in [0.29, 0.717) is 5.37 Å². The molecule has 3 rings (SSSR count). The largest absolute Gasteiger partial charge is 0.388 e. The zero-order valence-electron chi connectivity index (χ0n) is 16.0. The molecule has 1 aromatic rings. The van der Waals surface area contributed by atoms with Crippen LogP contribution in [0.25, 0.3) is 0 Å². The number of hydrogen-bond donors (Lipinski definition) is 12. The van der Waals surface area contributed by atoms with Crippen molar-refractivity contribution in [1.82, 2.24) is 0 Å². The Morgan fingerprint density at radius 1 is 0.968 bits per heavy atom. The van der Waals surface area contributed by atoms with Crippen LogP contribution in [0.4, 0.5) is 0 Å². The second-order valence-electron chi connectivity index (χ2n) is 8.06. The van der Waals surface area contributed by atoms with Crippen molar-refractivity contribution in [2.75, 3.05) is 12.3 Å². The summed E-state index contributed by atoms with van der Waals surface area (Å²) in [5, 5.41) is 104. The Labute approximate surface area is 176 Å². The summed E-state index contributed by atoms with van der Waals surface area (Å²) in [5.74, 6) is -14.7. The fourth-order valence-electron chi connectivity index (χ4n) is 4.08. The minimum absolute atomic E-state index is 0.119. The van der Waals surface area contributed by atoms with E-state index in [1.165, 1.54) is 24.3 Å². The van der Waals surface area contributed by atoms with Gasteiger partial charge in [0.25, 0.3) is 17.4 Å². The normalized spacial score (nSPS) is 41.3. The van der Waals surface area contributed by atoms with Gasteiger partial charge in [-0.25, -0.2) is 0 Å². The van der Waals surface area contributed by atoms with Crippen molar-refractivity contribution >= 4 is 14.9 Å². The maximum atomic E-state index is 13.7. The van der Waals surface area contributed by atoms with Crippen LogP contribution < -0.4 is 11.5 Å². The second kappa shape index (κ2) is 6.64. The highest BCUT2D eigenvalue weighted by Gasteiger charge is 2.90. The first-order valence-corrected chi connectivity index (χ1v) is 10.8. The van der Waals surface area contributed by atoms with Gasteiger partial charge in [-0.3, -0.25) is 9.94 Å². The van der Waals surface area contributed by atoms with Gasteiger partial charge in [-0.05, 0) is 30.7 Å². The van der Waals surface area contributed by atoms with Gasteiger partial charge in [0.05, 0.1) is 11.9 Å². The number of fused-ring (bicyclic) bond motifs is 1. The van der Waals surface area contributed by atoms with Gasteiger partial charge in [0.2, 0.25) is 5.72 Å². The summed E-state index contributed by atoms with van der Waals surface area (Å²) >= 11 is 0. The highest BCUT2D eigenvalue weighted by atomic mass is 32.2. The van der Waals surface area contributed by atoms with Crippen molar-refractivity contribution in [2.24, 2.45) is 11.5 Å². The average Bonchev–Trinajstić information content (AvgIpc) is 2.90. The van der Waals surface area contributed by atoms with Gasteiger partial charge in [-0.1, -0.05) is 12.1 Å². The van der Waals surface area contributed by atoms with Crippen molar-refractivity contribution in [1.29, 1.82) is 0 Å². The highest BCUT2D eigenvalue weighted by molar-refractivity contribution is 8.01. The molecule has 0 aromatic heterocycles. The van der Waals surface area contributed by atoms with Crippen LogP contribution in [0.3, 0.4) is 0 Å². The summed E-state index contributed by atoms with van der Waals surface area (Å²) < 4.78 is 13.7. The summed E-state index contributed by atoms with van der Waals surface area (Å²) in [5.41, 5.74) is -0.300. The maximum Gasteiger partial charge on any atom is 0.282 e. The Balaban J connectivity index is 2.27. The van der Waals surface area contributed by atoms with E-state index in [0.717, 1.165) is 0 Å². The molecule has 0 bridgehead atoms. The lowest BCUT2D eigenvalue weighted by Gasteiger charge is -2.63. The van der Waals surface area contributed by atoms with E-state index >= 15 is 0 Å². The van der Waals surface area contributed by atoms with Gasteiger partial charge in [0, 0.05) is 19.8 Å². The molecule has 2 aliphatic rings. The summed E-state index contributed by atoms with van der Waals surface area (Å²) in [7, 11) is -3.92. The molecule has 14 heteroatoms. The van der Waals surface area contributed by atoms with Crippen molar-refractivity contribution in [3.8, 4) is 0 Å². The molecule has 13 nitrogen and oxygen atoms in total. The number of rotatable bonds is 4. The molecule has 1 fully saturated rings. The number of nitrogens with two attached hydrogens (primary N) is 2. The van der Waals surface area contributed by atoms with Crippen LogP contribution in [0.2, 0.25) is 0 Å². The molecule has 5 unspecified atom stereocenters. The van der Waals surface area contributed by atoms with Gasteiger partial charge in [0.15, 0.2) is 11.2 Å². The minimum Gasteiger partial charge on any atom is -0.388 e. The lowest BCUT2D eigenvalue weighted by Crippen LogP contribution is -2.97. The lowest BCUT2D eigenvalue weighted by molar-refractivity contribution is -0.548. The van der Waals surface area contributed by atoms with Crippen LogP contribution in [0.15, 0.2) is 29.2 Å². The van der Waals surface area contributed by atoms with Gasteiger partial charge in [0.1, 0.15) is 0 Å². The molecule has 0 radical (unpaired) electrons. The Morgan fingerprint density at radius 3 is 2.10 bits per heavy atom. The van der Waals surface area contributed by atoms with E-state index in [1.807, 2.05) is 0 Å². The second-order valence-corrected chi connectivity index (χ2v) is 10.5. The quantitative estimate of drug-likeness (QED) is 0.145. The van der Waals surface area contributed by atoms with Gasteiger partial charge in [-0.2, -0.15) is 0 Å². The zero-order valence-corrected chi connectivity index (χ0v) is 16.8. The molecule has 1 aliphatic carbocycles. The minimum atomic E-state index is -4.53. The van der Waals surface area contributed by atoms with Crippen molar-refractivity contribution in [3.63, 3.8) is 0 Å². The molecule has 1 aliphatic heterocycles. The number of benzene rings is 1. The van der Waals surface area contributed by atoms with Crippen molar-refractivity contribution in [2.45, 2.75) is 51.7 Å². The molecule has 0 saturated heterocycles. The van der Waals surface area contributed by atoms with Crippen molar-refractivity contribution in [3.05, 3.63) is 29.8 Å². The van der Waals surface area contributed by atoms with E-state index in [4.69, 9.17) is 11.5 Å². The molecular formula is C17H26N2O11S. The maximum absolute atomic E-state index is 13.7. The average molecular weight is 466 g/mol. The summed E-state index contributed by atoms with van der Waals surface area (Å²) in [6.45, 7) is 0.119. The Hall–Kier alpha value is -1.24. The van der Waals surface area contributed by atoms with E-state index in [-0.39, 0.29) is 23.4 Å². The smallest absolute Gasteiger partial charge is 0.282 e. The van der Waals surface area contributed by atoms with Crippen LogP contribution in [0, 0.1) is 0 Å². The van der Waals surface area contributed by atoms with Crippen LogP contribution in [0.1, 0.15) is 18.1 Å². The molecule has 14 N–H and O–H groups in total. The molecule has 0 spiro atoms. The van der Waals surface area contributed by atoms with E-state index in [2.05, 4.69) is 0 Å². The molecule has 0 amide bonds. The fourth-order valence-corrected chi connectivity index (χ4v) is 7.08. The van der Waals surface area contributed by atoms with E-state index in [1.54, 1.807) is 0 Å². The SMILES string of the molecule is NCCC(O)c1cccc(S2(=O)=CC3(O)C(N)(O)C(O)(O)C(O)(O)C(O)(O)C3(O)C2)c1. The number of aliphatic hydroxyl groups is 10. The van der Waals surface area contributed by atoms with Gasteiger partial charge in [-0.15, -0.1) is 0 Å². The summed E-state index contributed by atoms with van der Waals surface area (Å²) in [6.07, 6.45) is -0.940. The highest BCUT2D eigenvalue weighted by Crippen LogP contribution is 2.56. The number of hydrogen-bond acceptors (Lipinski definition) is 13. The molecule has 1 heterocycles. The molecule has 1 aromatic carbocycles. The van der Waals surface area contributed by atoms with Gasteiger partial charge >= 0.3 is 0 Å². The Morgan fingerprint density at radius 2 is 1.55 bits per heavy atom. The molecular weight excluding hydrogens is 440 g/mol. The Bertz CT molecular complexity index is 1020. The molecule has 1 saturated carbocycles. The first-order chi connectivity index (χ1) is 13.9. The fraction of sp³-hybridized carbons (Fsp3) is 0.588. The predicted molar refractivity (Wildman–Crippen MR) is 103 cm³/mol. The van der Waals surface area contributed by atoms with E-state index < -0.39 is 55.7 Å². The summed E-state index contributed by atoms with van der Waals surface area (Å²) in [6, 6.07) is 5.24. The first kappa shape index (κ1) is 24.4. The third-order valence-corrected chi connectivity index (χ3v) is 8.78. The van der Waals surface area contributed by atoms with Crippen LogP contribution in [-0.2, 0) is 9.52 Å². The topological polar surface area (TPSA) is 271 Å². The predicted octanol–water partition coefficient (Wildman–Crippen LogP) is -6.31. The van der Waals surface area contributed by atoms with Crippen LogP contribution in [0.5, 0.6) is 0 Å². The van der Waals surface area contributed by atoms with Gasteiger partial charge < -0.3 is 56.8 Å². The van der Waals surface area contributed by atoms with Crippen LogP contribution >= 0.6 is 0 Å². The first-order valence-electron chi connectivity index (χ1n) is 9.02. The lowest BCUT2D eigenvalue weighted by atomic mass is 9.59. The molecule has 5 atom stereocenters. The number of aliphatic hydroxyl groups excluding tert-OH is 1. The monoisotopic (exact) mass is 466 g/mol. The molecule has 176 valence electrons.